The average molecular weight is 296 g/mol. The number of halogens is 1. The molecule has 106 valence electrons. The smallest absolute Gasteiger partial charge is 0.313 e. The standard InChI is InChI=1S/C13H13FN2O3S/c1-2-19-6-11-15-10-4-3-8(14)5-9(10)13(16-11)20-7-12(17)18/h3-5H,2,6-7H2,1H3,(H,17,18). The molecule has 0 unspecified atom stereocenters. The molecule has 1 aromatic carbocycles. The molecule has 20 heavy (non-hydrogen) atoms. The topological polar surface area (TPSA) is 72.3 Å². The lowest BCUT2D eigenvalue weighted by Gasteiger charge is -2.07. The first kappa shape index (κ1) is 14.7. The minimum absolute atomic E-state index is 0.142. The number of nitrogens with zero attached hydrogens (tertiary/aromatic N) is 2. The van der Waals surface area contributed by atoms with Crippen molar-refractivity contribution in [3.05, 3.63) is 29.8 Å². The number of hydrogen-bond donors (Lipinski definition) is 1. The fraction of sp³-hybridized carbons (Fsp3) is 0.308. The van der Waals surface area contributed by atoms with Gasteiger partial charge in [0.05, 0.1) is 11.3 Å². The van der Waals surface area contributed by atoms with Crippen molar-refractivity contribution in [1.82, 2.24) is 9.97 Å². The van der Waals surface area contributed by atoms with Gasteiger partial charge < -0.3 is 9.84 Å². The second-order valence-electron chi connectivity index (χ2n) is 3.93. The van der Waals surface area contributed by atoms with Crippen molar-refractivity contribution in [2.75, 3.05) is 12.4 Å². The summed E-state index contributed by atoms with van der Waals surface area (Å²) in [6, 6.07) is 4.17. The van der Waals surface area contributed by atoms with E-state index in [-0.39, 0.29) is 12.4 Å². The fourth-order valence-corrected chi connectivity index (χ4v) is 2.37. The number of aliphatic carboxylic acids is 1. The van der Waals surface area contributed by atoms with Crippen molar-refractivity contribution in [1.29, 1.82) is 0 Å². The number of hydrogen-bond acceptors (Lipinski definition) is 5. The molecule has 0 fully saturated rings. The van der Waals surface area contributed by atoms with Gasteiger partial charge in [0.15, 0.2) is 5.82 Å². The second kappa shape index (κ2) is 6.62. The van der Waals surface area contributed by atoms with Crippen molar-refractivity contribution in [2.24, 2.45) is 0 Å². The van der Waals surface area contributed by atoms with E-state index in [1.54, 1.807) is 6.07 Å². The molecule has 1 N–H and O–H groups in total. The van der Waals surface area contributed by atoms with Gasteiger partial charge in [-0.25, -0.2) is 14.4 Å². The highest BCUT2D eigenvalue weighted by atomic mass is 32.2. The molecule has 5 nitrogen and oxygen atoms in total. The van der Waals surface area contributed by atoms with Crippen LogP contribution in [-0.4, -0.2) is 33.4 Å². The molecule has 0 aliphatic carbocycles. The fourth-order valence-electron chi connectivity index (χ4n) is 1.62. The van der Waals surface area contributed by atoms with Crippen LogP contribution in [0.25, 0.3) is 10.9 Å². The van der Waals surface area contributed by atoms with Gasteiger partial charge in [0.25, 0.3) is 0 Å². The van der Waals surface area contributed by atoms with E-state index in [1.165, 1.54) is 12.1 Å². The number of carboxylic acids is 1. The highest BCUT2D eigenvalue weighted by Crippen LogP contribution is 2.26. The van der Waals surface area contributed by atoms with E-state index in [0.29, 0.717) is 28.4 Å². The Labute approximate surface area is 119 Å². The van der Waals surface area contributed by atoms with Gasteiger partial charge in [0.2, 0.25) is 0 Å². The highest BCUT2D eigenvalue weighted by molar-refractivity contribution is 8.00. The lowest BCUT2D eigenvalue weighted by Crippen LogP contribution is -2.03. The Morgan fingerprint density at radius 3 is 2.95 bits per heavy atom. The number of carboxylic acid groups (broad SMARTS) is 1. The third kappa shape index (κ3) is 3.64. The molecule has 0 bridgehead atoms. The highest BCUT2D eigenvalue weighted by Gasteiger charge is 2.11. The first-order chi connectivity index (χ1) is 9.60. The van der Waals surface area contributed by atoms with Crippen molar-refractivity contribution in [3.8, 4) is 0 Å². The third-order valence-electron chi connectivity index (χ3n) is 2.44. The molecule has 2 rings (SSSR count). The maximum Gasteiger partial charge on any atom is 0.313 e. The van der Waals surface area contributed by atoms with Gasteiger partial charge in [-0.05, 0) is 25.1 Å². The van der Waals surface area contributed by atoms with Crippen molar-refractivity contribution >= 4 is 28.6 Å². The normalized spacial score (nSPS) is 10.9. The minimum atomic E-state index is -0.954. The molecule has 0 atom stereocenters. The van der Waals surface area contributed by atoms with Crippen LogP contribution in [0.3, 0.4) is 0 Å². The Morgan fingerprint density at radius 1 is 1.45 bits per heavy atom. The summed E-state index contributed by atoms with van der Waals surface area (Å²) >= 11 is 1.04. The largest absolute Gasteiger partial charge is 0.481 e. The van der Waals surface area contributed by atoms with Gasteiger partial charge in [-0.15, -0.1) is 0 Å². The van der Waals surface area contributed by atoms with Crippen molar-refractivity contribution in [2.45, 2.75) is 18.6 Å². The molecule has 0 aliphatic rings. The van der Waals surface area contributed by atoms with Crippen molar-refractivity contribution < 1.29 is 19.0 Å². The first-order valence-corrected chi connectivity index (χ1v) is 6.97. The molecular weight excluding hydrogens is 283 g/mol. The Kier molecular flexibility index (Phi) is 4.86. The summed E-state index contributed by atoms with van der Waals surface area (Å²) in [5.74, 6) is -1.05. The minimum Gasteiger partial charge on any atom is -0.481 e. The van der Waals surface area contributed by atoms with Crippen LogP contribution < -0.4 is 0 Å². The van der Waals surface area contributed by atoms with Crippen LogP contribution in [0.15, 0.2) is 23.2 Å². The number of aromatic nitrogens is 2. The summed E-state index contributed by atoms with van der Waals surface area (Å²) in [6.07, 6.45) is 0. The zero-order valence-corrected chi connectivity index (χ0v) is 11.6. The van der Waals surface area contributed by atoms with Gasteiger partial charge in [-0.1, -0.05) is 11.8 Å². The van der Waals surface area contributed by atoms with E-state index in [4.69, 9.17) is 9.84 Å². The van der Waals surface area contributed by atoms with Crippen LogP contribution in [0.1, 0.15) is 12.7 Å². The molecule has 0 saturated carbocycles. The molecule has 0 spiro atoms. The van der Waals surface area contributed by atoms with E-state index in [1.807, 2.05) is 6.92 Å². The summed E-state index contributed by atoms with van der Waals surface area (Å²) in [7, 11) is 0. The van der Waals surface area contributed by atoms with Gasteiger partial charge in [0, 0.05) is 12.0 Å². The number of fused-ring (bicyclic) bond motifs is 1. The van der Waals surface area contributed by atoms with Crippen LogP contribution >= 0.6 is 11.8 Å². The predicted molar refractivity (Wildman–Crippen MR) is 73.2 cm³/mol. The number of rotatable bonds is 6. The van der Waals surface area contributed by atoms with Crippen LogP contribution in [0.5, 0.6) is 0 Å². The molecule has 0 saturated heterocycles. The number of benzene rings is 1. The quantitative estimate of drug-likeness (QED) is 0.652. The Hall–Kier alpha value is -1.73. The van der Waals surface area contributed by atoms with Gasteiger partial charge in [-0.3, -0.25) is 4.79 Å². The van der Waals surface area contributed by atoms with Gasteiger partial charge in [-0.2, -0.15) is 0 Å². The molecule has 7 heteroatoms. The number of carbonyl (C=O) groups is 1. The Morgan fingerprint density at radius 2 is 2.25 bits per heavy atom. The Bertz CT molecular complexity index is 636. The Balaban J connectivity index is 2.42. The molecule has 1 heterocycles. The molecule has 1 aromatic heterocycles. The maximum absolute atomic E-state index is 13.3. The van der Waals surface area contributed by atoms with E-state index >= 15 is 0 Å². The lowest BCUT2D eigenvalue weighted by atomic mass is 10.2. The third-order valence-corrected chi connectivity index (χ3v) is 3.41. The molecule has 0 radical (unpaired) electrons. The molecule has 0 aliphatic heterocycles. The zero-order chi connectivity index (χ0) is 14.5. The SMILES string of the molecule is CCOCc1nc(SCC(=O)O)c2cc(F)ccc2n1. The van der Waals surface area contributed by atoms with E-state index in [0.717, 1.165) is 11.8 Å². The second-order valence-corrected chi connectivity index (χ2v) is 4.89. The predicted octanol–water partition coefficient (Wildman–Crippen LogP) is 2.48. The maximum atomic E-state index is 13.3. The molecule has 2 aromatic rings. The van der Waals surface area contributed by atoms with Crippen LogP contribution in [-0.2, 0) is 16.1 Å². The van der Waals surface area contributed by atoms with Crippen LogP contribution in [0, 0.1) is 5.82 Å². The average Bonchev–Trinajstić information content (AvgIpc) is 2.42. The summed E-state index contributed by atoms with van der Waals surface area (Å²) < 4.78 is 18.6. The monoisotopic (exact) mass is 296 g/mol. The lowest BCUT2D eigenvalue weighted by molar-refractivity contribution is -0.133. The summed E-state index contributed by atoms with van der Waals surface area (Å²) in [6.45, 7) is 2.63. The molecular formula is C13H13FN2O3S. The first-order valence-electron chi connectivity index (χ1n) is 5.98. The van der Waals surface area contributed by atoms with E-state index in [2.05, 4.69) is 9.97 Å². The van der Waals surface area contributed by atoms with Crippen LogP contribution in [0.4, 0.5) is 4.39 Å². The van der Waals surface area contributed by atoms with E-state index in [9.17, 15) is 9.18 Å². The summed E-state index contributed by atoms with van der Waals surface area (Å²) in [5.41, 5.74) is 0.573. The zero-order valence-electron chi connectivity index (χ0n) is 10.8. The van der Waals surface area contributed by atoms with Crippen LogP contribution in [0.2, 0.25) is 0 Å². The molecule has 0 amide bonds. The summed E-state index contributed by atoms with van der Waals surface area (Å²) in [5, 5.41) is 9.71. The van der Waals surface area contributed by atoms with Gasteiger partial charge >= 0.3 is 5.97 Å². The summed E-state index contributed by atoms with van der Waals surface area (Å²) in [4.78, 5) is 19.2. The van der Waals surface area contributed by atoms with Crippen molar-refractivity contribution in [3.63, 3.8) is 0 Å². The van der Waals surface area contributed by atoms with Gasteiger partial charge in [0.1, 0.15) is 17.5 Å². The van der Waals surface area contributed by atoms with E-state index < -0.39 is 11.8 Å². The number of ether oxygens (including phenoxy) is 1. The number of thioether (sulfide) groups is 1.